The molecule has 0 radical (unpaired) electrons. The second-order valence-electron chi connectivity index (χ2n) is 7.65. The number of primary amides is 1. The molecule has 1 rings (SSSR count). The van der Waals surface area contributed by atoms with E-state index in [-0.39, 0.29) is 25.3 Å². The van der Waals surface area contributed by atoms with Gasteiger partial charge in [-0.3, -0.25) is 24.2 Å². The Morgan fingerprint density at radius 2 is 1.60 bits per heavy atom. The highest BCUT2D eigenvalue weighted by Crippen LogP contribution is 2.04. The Balaban J connectivity index is 2.72. The van der Waals surface area contributed by atoms with Crippen LogP contribution in [0.1, 0.15) is 24.8 Å². The summed E-state index contributed by atoms with van der Waals surface area (Å²) in [4.78, 5) is 63.4. The first kappa shape index (κ1) is 28.8. The van der Waals surface area contributed by atoms with Crippen LogP contribution in [0.25, 0.3) is 0 Å². The van der Waals surface area contributed by atoms with Gasteiger partial charge in [0.2, 0.25) is 23.6 Å². The van der Waals surface area contributed by atoms with Gasteiger partial charge < -0.3 is 44.0 Å². The van der Waals surface area contributed by atoms with Crippen LogP contribution >= 0.6 is 0 Å². The topological polar surface area (TPSA) is 258 Å². The molecule has 1 aromatic carbocycles. The first-order valence-corrected chi connectivity index (χ1v) is 10.7. The fraction of sp³-hybridized carbons (Fsp3) is 0.429. The monoisotopic (exact) mass is 492 g/mol. The number of carbonyl (C=O) groups is 5. The first-order chi connectivity index (χ1) is 16.5. The molecule has 1 aromatic rings. The van der Waals surface area contributed by atoms with Gasteiger partial charge in [0.05, 0.1) is 19.0 Å². The number of rotatable bonds is 15. The molecule has 0 bridgehead atoms. The van der Waals surface area contributed by atoms with Crippen LogP contribution in [-0.4, -0.2) is 71.9 Å². The number of benzene rings is 1. The summed E-state index contributed by atoms with van der Waals surface area (Å²) < 4.78 is 0. The molecule has 3 atom stereocenters. The lowest BCUT2D eigenvalue weighted by atomic mass is 10.1. The maximum Gasteiger partial charge on any atom is 0.326 e. The molecule has 35 heavy (non-hydrogen) atoms. The molecule has 0 aliphatic carbocycles. The number of nitrogens with one attached hydrogen (secondary N) is 3. The summed E-state index contributed by atoms with van der Waals surface area (Å²) in [5.74, 6) is -4.41. The standard InChI is InChI=1S/C21H32N8O6/c22-13(10-16(23)30)18(32)29-14(7-4-8-26-21(24)25)19(33)27-11-17(31)28-15(20(34)35)9-12-5-2-1-3-6-12/h1-3,5-6,13-15H,4,7-11,22H2,(H2,23,30)(H,27,33)(H,28,31)(H,29,32)(H,34,35)(H4,24,25,26). The van der Waals surface area contributed by atoms with Crippen molar-refractivity contribution < 1.29 is 29.1 Å². The van der Waals surface area contributed by atoms with E-state index in [9.17, 15) is 29.1 Å². The van der Waals surface area contributed by atoms with E-state index in [1.165, 1.54) is 0 Å². The van der Waals surface area contributed by atoms with Gasteiger partial charge >= 0.3 is 5.97 Å². The van der Waals surface area contributed by atoms with Gasteiger partial charge in [0.25, 0.3) is 0 Å². The molecule has 0 heterocycles. The lowest BCUT2D eigenvalue weighted by Gasteiger charge is -2.20. The summed E-state index contributed by atoms with van der Waals surface area (Å²) in [6.45, 7) is -0.361. The smallest absolute Gasteiger partial charge is 0.326 e. The molecule has 14 heteroatoms. The maximum absolute atomic E-state index is 12.6. The minimum Gasteiger partial charge on any atom is -0.480 e. The number of carboxylic acids is 1. The third kappa shape index (κ3) is 12.0. The Kier molecular flexibility index (Phi) is 12.2. The zero-order valence-corrected chi connectivity index (χ0v) is 19.1. The predicted octanol–water partition coefficient (Wildman–Crippen LogP) is -3.34. The number of aliphatic imine (C=N–C) groups is 1. The lowest BCUT2D eigenvalue weighted by Crippen LogP contribution is -2.54. The number of carboxylic acid groups (broad SMARTS) is 1. The third-order valence-corrected chi connectivity index (χ3v) is 4.68. The van der Waals surface area contributed by atoms with E-state index >= 15 is 0 Å². The Morgan fingerprint density at radius 3 is 2.17 bits per heavy atom. The summed E-state index contributed by atoms with van der Waals surface area (Å²) in [6, 6.07) is 5.12. The molecule has 0 saturated carbocycles. The van der Waals surface area contributed by atoms with Crippen LogP contribution in [0.5, 0.6) is 0 Å². The number of guanidine groups is 1. The van der Waals surface area contributed by atoms with Crippen LogP contribution < -0.4 is 38.9 Å². The number of carbonyl (C=O) groups excluding carboxylic acids is 4. The highest BCUT2D eigenvalue weighted by atomic mass is 16.4. The SMILES string of the molecule is NC(=O)CC(N)C(=O)NC(CCCN=C(N)N)C(=O)NCC(=O)NC(Cc1ccccc1)C(=O)O. The van der Waals surface area contributed by atoms with Gasteiger partial charge in [0.1, 0.15) is 12.1 Å². The van der Waals surface area contributed by atoms with Gasteiger partial charge in [0.15, 0.2) is 5.96 Å². The molecule has 0 aliphatic rings. The molecule has 0 spiro atoms. The van der Waals surface area contributed by atoms with Crippen molar-refractivity contribution in [1.82, 2.24) is 16.0 Å². The lowest BCUT2D eigenvalue weighted by molar-refractivity contribution is -0.141. The van der Waals surface area contributed by atoms with E-state index in [0.717, 1.165) is 0 Å². The molecule has 3 unspecified atom stereocenters. The van der Waals surface area contributed by atoms with Crippen molar-refractivity contribution in [1.29, 1.82) is 0 Å². The van der Waals surface area contributed by atoms with Gasteiger partial charge in [-0.25, -0.2) is 4.79 Å². The summed E-state index contributed by atoms with van der Waals surface area (Å²) in [5, 5.41) is 16.5. The minimum atomic E-state index is -1.27. The van der Waals surface area contributed by atoms with E-state index in [0.29, 0.717) is 12.0 Å². The average molecular weight is 493 g/mol. The zero-order chi connectivity index (χ0) is 26.4. The van der Waals surface area contributed by atoms with Crippen molar-refractivity contribution >= 4 is 35.6 Å². The second-order valence-corrected chi connectivity index (χ2v) is 7.65. The van der Waals surface area contributed by atoms with Crippen molar-refractivity contribution in [3.63, 3.8) is 0 Å². The molecule has 0 saturated heterocycles. The summed E-state index contributed by atoms with van der Waals surface area (Å²) in [7, 11) is 0. The van der Waals surface area contributed by atoms with Gasteiger partial charge in [-0.05, 0) is 18.4 Å². The fourth-order valence-corrected chi connectivity index (χ4v) is 2.95. The van der Waals surface area contributed by atoms with Crippen molar-refractivity contribution in [2.45, 2.75) is 43.8 Å². The Morgan fingerprint density at radius 1 is 0.943 bits per heavy atom. The van der Waals surface area contributed by atoms with Crippen LogP contribution in [0.15, 0.2) is 35.3 Å². The van der Waals surface area contributed by atoms with Gasteiger partial charge in [-0.1, -0.05) is 30.3 Å². The van der Waals surface area contributed by atoms with Crippen molar-refractivity contribution in [3.8, 4) is 0 Å². The number of nitrogens with zero attached hydrogens (tertiary/aromatic N) is 1. The maximum atomic E-state index is 12.6. The van der Waals surface area contributed by atoms with Crippen molar-refractivity contribution in [2.75, 3.05) is 13.1 Å². The second kappa shape index (κ2) is 14.8. The molecular weight excluding hydrogens is 460 g/mol. The molecule has 0 aromatic heterocycles. The van der Waals surface area contributed by atoms with Gasteiger partial charge in [0, 0.05) is 13.0 Å². The van der Waals surface area contributed by atoms with E-state index in [1.807, 2.05) is 0 Å². The molecule has 4 amide bonds. The first-order valence-electron chi connectivity index (χ1n) is 10.7. The van der Waals surface area contributed by atoms with Crippen LogP contribution in [0.3, 0.4) is 0 Å². The molecular formula is C21H32N8O6. The Bertz CT molecular complexity index is 920. The van der Waals surface area contributed by atoms with Crippen LogP contribution in [0.2, 0.25) is 0 Å². The Hall–Kier alpha value is -4.20. The van der Waals surface area contributed by atoms with Gasteiger partial charge in [-0.2, -0.15) is 0 Å². The Labute approximate surface area is 201 Å². The number of amides is 4. The quantitative estimate of drug-likeness (QED) is 0.0690. The molecule has 192 valence electrons. The number of hydrogen-bond acceptors (Lipinski definition) is 7. The molecule has 0 fully saturated rings. The fourth-order valence-electron chi connectivity index (χ4n) is 2.95. The van der Waals surface area contributed by atoms with E-state index in [2.05, 4.69) is 20.9 Å². The average Bonchev–Trinajstić information content (AvgIpc) is 2.78. The third-order valence-electron chi connectivity index (χ3n) is 4.68. The summed E-state index contributed by atoms with van der Waals surface area (Å²) in [6.07, 6.45) is 0.0162. The predicted molar refractivity (Wildman–Crippen MR) is 126 cm³/mol. The van der Waals surface area contributed by atoms with Crippen molar-refractivity contribution in [3.05, 3.63) is 35.9 Å². The van der Waals surface area contributed by atoms with Crippen LogP contribution in [0, 0.1) is 0 Å². The molecule has 14 nitrogen and oxygen atoms in total. The minimum absolute atomic E-state index is 0.0527. The molecule has 12 N–H and O–H groups in total. The van der Waals surface area contributed by atoms with Gasteiger partial charge in [-0.15, -0.1) is 0 Å². The summed E-state index contributed by atoms with van der Waals surface area (Å²) in [5.41, 5.74) is 21.9. The highest BCUT2D eigenvalue weighted by molar-refractivity contribution is 5.93. The zero-order valence-electron chi connectivity index (χ0n) is 19.1. The van der Waals surface area contributed by atoms with E-state index in [1.54, 1.807) is 30.3 Å². The van der Waals surface area contributed by atoms with Crippen LogP contribution in [0.4, 0.5) is 0 Å². The number of hydrogen-bond donors (Lipinski definition) is 8. The van der Waals surface area contributed by atoms with Crippen molar-refractivity contribution in [2.24, 2.45) is 27.9 Å². The number of aliphatic carboxylic acids is 1. The van der Waals surface area contributed by atoms with Crippen LogP contribution in [-0.2, 0) is 30.4 Å². The normalized spacial score (nSPS) is 12.9. The molecule has 0 aliphatic heterocycles. The van der Waals surface area contributed by atoms with E-state index < -0.39 is 60.7 Å². The van der Waals surface area contributed by atoms with E-state index in [4.69, 9.17) is 22.9 Å². The number of nitrogens with two attached hydrogens (primary N) is 4. The summed E-state index contributed by atoms with van der Waals surface area (Å²) >= 11 is 0. The highest BCUT2D eigenvalue weighted by Gasteiger charge is 2.25. The largest absolute Gasteiger partial charge is 0.480 e.